The number of nitrogens with one attached hydrogen (secondary N) is 1. The van der Waals surface area contributed by atoms with Crippen LogP contribution in [0.4, 0.5) is 0 Å². The predicted octanol–water partition coefficient (Wildman–Crippen LogP) is 3.44. The number of hydrogen-bond acceptors (Lipinski definition) is 4. The number of thiocarbonyl (C=S) groups is 1. The molecule has 0 unspecified atom stereocenters. The molecule has 0 amide bonds. The van der Waals surface area contributed by atoms with Crippen molar-refractivity contribution < 1.29 is 4.74 Å². The zero-order chi connectivity index (χ0) is 13.2. The van der Waals surface area contributed by atoms with Gasteiger partial charge in [0.05, 0.1) is 12.8 Å². The number of ether oxygens (including phenoxy) is 1. The second kappa shape index (κ2) is 8.94. The van der Waals surface area contributed by atoms with Crippen molar-refractivity contribution in [3.63, 3.8) is 0 Å². The van der Waals surface area contributed by atoms with E-state index < -0.39 is 0 Å². The maximum Gasteiger partial charge on any atom is 0.153 e. The van der Waals surface area contributed by atoms with E-state index in [9.17, 15) is 0 Å². The van der Waals surface area contributed by atoms with Crippen LogP contribution in [-0.4, -0.2) is 23.4 Å². The second-order valence-corrected chi connectivity index (χ2v) is 5.12. The van der Waals surface area contributed by atoms with Crippen molar-refractivity contribution in [3.8, 4) is 5.75 Å². The molecule has 0 aliphatic heterocycles. The molecule has 0 saturated carbocycles. The third kappa shape index (κ3) is 6.02. The van der Waals surface area contributed by atoms with Crippen LogP contribution < -0.4 is 10.2 Å². The first kappa shape index (κ1) is 15.0. The molecule has 0 fully saturated rings. The fourth-order valence-electron chi connectivity index (χ4n) is 1.19. The zero-order valence-corrected chi connectivity index (χ0v) is 12.3. The SMILES string of the molecule is CCCCOc1ccc(C=NNC(=S)SC)cc1. The summed E-state index contributed by atoms with van der Waals surface area (Å²) in [5, 5.41) is 4.04. The number of hydrogen-bond donors (Lipinski definition) is 1. The quantitative estimate of drug-likeness (QED) is 0.375. The lowest BCUT2D eigenvalue weighted by molar-refractivity contribution is 0.309. The molecule has 1 aromatic rings. The normalized spacial score (nSPS) is 10.6. The molecule has 0 aliphatic rings. The standard InChI is InChI=1S/C13H18N2OS2/c1-3-4-9-16-12-7-5-11(6-8-12)10-14-15-13(17)18-2/h5-8,10H,3-4,9H2,1-2H3,(H,15,17). The lowest BCUT2D eigenvalue weighted by Gasteiger charge is -2.04. The second-order valence-electron chi connectivity index (χ2n) is 3.63. The molecule has 0 aromatic heterocycles. The van der Waals surface area contributed by atoms with Crippen molar-refractivity contribution >= 4 is 34.5 Å². The van der Waals surface area contributed by atoms with Gasteiger partial charge in [-0.2, -0.15) is 5.10 Å². The third-order valence-electron chi connectivity index (χ3n) is 2.20. The average Bonchev–Trinajstić information content (AvgIpc) is 2.40. The number of nitrogens with zero attached hydrogens (tertiary/aromatic N) is 1. The Kier molecular flexibility index (Phi) is 7.44. The maximum atomic E-state index is 5.58. The van der Waals surface area contributed by atoms with Gasteiger partial charge in [-0.15, -0.1) is 0 Å². The van der Waals surface area contributed by atoms with Crippen LogP contribution in [0.25, 0.3) is 0 Å². The summed E-state index contributed by atoms with van der Waals surface area (Å²) < 4.78 is 6.24. The van der Waals surface area contributed by atoms with E-state index in [4.69, 9.17) is 17.0 Å². The Morgan fingerprint density at radius 2 is 2.17 bits per heavy atom. The number of rotatable bonds is 6. The van der Waals surface area contributed by atoms with Crippen LogP contribution in [0.5, 0.6) is 5.75 Å². The van der Waals surface area contributed by atoms with E-state index in [1.165, 1.54) is 11.8 Å². The Morgan fingerprint density at radius 3 is 2.78 bits per heavy atom. The smallest absolute Gasteiger partial charge is 0.153 e. The van der Waals surface area contributed by atoms with Crippen molar-refractivity contribution in [2.45, 2.75) is 19.8 Å². The molecule has 0 atom stereocenters. The Bertz CT molecular complexity index is 390. The molecule has 3 nitrogen and oxygen atoms in total. The summed E-state index contributed by atoms with van der Waals surface area (Å²) in [5.74, 6) is 0.896. The van der Waals surface area contributed by atoms with Crippen LogP contribution in [0.15, 0.2) is 29.4 Å². The fourth-order valence-corrected chi connectivity index (χ4v) is 1.39. The summed E-state index contributed by atoms with van der Waals surface area (Å²) in [5.41, 5.74) is 3.78. The number of thioether (sulfide) groups is 1. The minimum atomic E-state index is 0.658. The lowest BCUT2D eigenvalue weighted by Crippen LogP contribution is -2.10. The highest BCUT2D eigenvalue weighted by Crippen LogP contribution is 2.11. The van der Waals surface area contributed by atoms with Crippen LogP contribution in [0.3, 0.4) is 0 Å². The molecule has 0 spiro atoms. The summed E-state index contributed by atoms with van der Waals surface area (Å²) in [6, 6.07) is 7.83. The summed E-state index contributed by atoms with van der Waals surface area (Å²) in [6.45, 7) is 2.92. The molecule has 0 saturated heterocycles. The molecule has 1 rings (SSSR count). The van der Waals surface area contributed by atoms with Gasteiger partial charge in [-0.25, -0.2) is 0 Å². The average molecular weight is 282 g/mol. The summed E-state index contributed by atoms with van der Waals surface area (Å²) >= 11 is 6.43. The van der Waals surface area contributed by atoms with Gasteiger partial charge in [-0.3, -0.25) is 5.43 Å². The van der Waals surface area contributed by atoms with Crippen LogP contribution in [0.1, 0.15) is 25.3 Å². The monoisotopic (exact) mass is 282 g/mol. The summed E-state index contributed by atoms with van der Waals surface area (Å²) in [4.78, 5) is 0. The molecular weight excluding hydrogens is 264 g/mol. The molecule has 98 valence electrons. The summed E-state index contributed by atoms with van der Waals surface area (Å²) in [7, 11) is 0. The van der Waals surface area contributed by atoms with Crippen LogP contribution >= 0.6 is 24.0 Å². The Morgan fingerprint density at radius 1 is 1.44 bits per heavy atom. The highest BCUT2D eigenvalue weighted by Gasteiger charge is 1.94. The van der Waals surface area contributed by atoms with Gasteiger partial charge >= 0.3 is 0 Å². The highest BCUT2D eigenvalue weighted by atomic mass is 32.2. The van der Waals surface area contributed by atoms with Crippen molar-refractivity contribution in [2.24, 2.45) is 5.10 Å². The van der Waals surface area contributed by atoms with Crippen LogP contribution in [0.2, 0.25) is 0 Å². The van der Waals surface area contributed by atoms with Gasteiger partial charge in [0, 0.05) is 0 Å². The first-order valence-corrected chi connectivity index (χ1v) is 7.49. The number of hydrazone groups is 1. The topological polar surface area (TPSA) is 33.6 Å². The van der Waals surface area contributed by atoms with Crippen molar-refractivity contribution in [1.29, 1.82) is 0 Å². The van der Waals surface area contributed by atoms with Gasteiger partial charge < -0.3 is 4.74 Å². The van der Waals surface area contributed by atoms with Crippen molar-refractivity contribution in [3.05, 3.63) is 29.8 Å². The van der Waals surface area contributed by atoms with E-state index in [0.29, 0.717) is 4.32 Å². The van der Waals surface area contributed by atoms with Crippen LogP contribution in [-0.2, 0) is 0 Å². The minimum absolute atomic E-state index is 0.658. The van der Waals surface area contributed by atoms with Gasteiger partial charge in [0.25, 0.3) is 0 Å². The molecule has 5 heteroatoms. The Balaban J connectivity index is 2.42. The largest absolute Gasteiger partial charge is 0.494 e. The van der Waals surface area contributed by atoms with Crippen molar-refractivity contribution in [2.75, 3.05) is 12.9 Å². The van der Waals surface area contributed by atoms with Gasteiger partial charge in [-0.1, -0.05) is 37.3 Å². The van der Waals surface area contributed by atoms with Crippen molar-refractivity contribution in [1.82, 2.24) is 5.43 Å². The molecule has 1 aromatic carbocycles. The number of benzene rings is 1. The predicted molar refractivity (Wildman–Crippen MR) is 83.7 cm³/mol. The molecule has 0 heterocycles. The van der Waals surface area contributed by atoms with E-state index in [-0.39, 0.29) is 0 Å². The third-order valence-corrected chi connectivity index (χ3v) is 3.25. The molecule has 0 aliphatic carbocycles. The zero-order valence-electron chi connectivity index (χ0n) is 10.7. The molecule has 1 N–H and O–H groups in total. The fraction of sp³-hybridized carbons (Fsp3) is 0.385. The molecule has 0 bridgehead atoms. The Labute approximate surface area is 118 Å². The molecular formula is C13H18N2OS2. The van der Waals surface area contributed by atoms with E-state index in [1.807, 2.05) is 30.5 Å². The first-order valence-electron chi connectivity index (χ1n) is 5.86. The minimum Gasteiger partial charge on any atom is -0.494 e. The van der Waals surface area contributed by atoms with E-state index in [0.717, 1.165) is 30.8 Å². The number of unbranched alkanes of at least 4 members (excludes halogenated alkanes) is 1. The maximum absolute atomic E-state index is 5.58. The van der Waals surface area contributed by atoms with Gasteiger partial charge in [-0.05, 0) is 42.5 Å². The summed E-state index contributed by atoms with van der Waals surface area (Å²) in [6.07, 6.45) is 5.87. The molecule has 18 heavy (non-hydrogen) atoms. The van der Waals surface area contributed by atoms with E-state index in [2.05, 4.69) is 17.5 Å². The molecule has 0 radical (unpaired) electrons. The Hall–Kier alpha value is -1.07. The first-order chi connectivity index (χ1) is 8.76. The van der Waals surface area contributed by atoms with E-state index >= 15 is 0 Å². The highest BCUT2D eigenvalue weighted by molar-refractivity contribution is 8.22. The van der Waals surface area contributed by atoms with E-state index in [1.54, 1.807) is 6.21 Å². The van der Waals surface area contributed by atoms with Gasteiger partial charge in [0.2, 0.25) is 0 Å². The van der Waals surface area contributed by atoms with Gasteiger partial charge in [0.15, 0.2) is 4.32 Å². The lowest BCUT2D eigenvalue weighted by atomic mass is 10.2. The van der Waals surface area contributed by atoms with Gasteiger partial charge in [0.1, 0.15) is 5.75 Å². The van der Waals surface area contributed by atoms with Crippen LogP contribution in [0, 0.1) is 0 Å².